The Morgan fingerprint density at radius 2 is 2.43 bits per heavy atom. The molecule has 0 saturated carbocycles. The van der Waals surface area contributed by atoms with E-state index in [-0.39, 0.29) is 0 Å². The van der Waals surface area contributed by atoms with Crippen LogP contribution in [0.5, 0.6) is 0 Å². The maximum atomic E-state index is 8.02. The quantitative estimate of drug-likeness (QED) is 0.378. The fraction of sp³-hybridized carbons (Fsp3) is 0.200. The molecule has 0 bridgehead atoms. The molecule has 0 aromatic carbocycles. The van der Waals surface area contributed by atoms with Crippen LogP contribution in [0.4, 0.5) is 0 Å². The molecule has 0 unspecified atom stereocenters. The third-order valence-corrected chi connectivity index (χ3v) is 0.656. The third kappa shape index (κ3) is 3.14. The van der Waals surface area contributed by atoms with E-state index in [1.165, 1.54) is 0 Å². The Labute approximate surface area is 48.3 Å². The van der Waals surface area contributed by atoms with Crippen molar-refractivity contribution in [2.45, 2.75) is 6.92 Å². The monoisotopic (exact) mass is 111 g/mol. The summed E-state index contributed by atoms with van der Waals surface area (Å²) < 4.78 is 0. The minimum atomic E-state index is 0.336. The second-order valence-electron chi connectivity index (χ2n) is 0.976. The van der Waals surface area contributed by atoms with Crippen molar-refractivity contribution in [3.8, 4) is 6.07 Å². The number of nitrogens with zero attached hydrogens (tertiary/aromatic N) is 1. The van der Waals surface area contributed by atoms with Crippen molar-refractivity contribution < 1.29 is 0 Å². The number of nitriles is 1. The zero-order valence-electron chi connectivity index (χ0n) is 4.01. The lowest BCUT2D eigenvalue weighted by Gasteiger charge is -1.69. The fourth-order valence-electron chi connectivity index (χ4n) is 0.189. The van der Waals surface area contributed by atoms with Crippen molar-refractivity contribution in [1.82, 2.24) is 0 Å². The van der Waals surface area contributed by atoms with Gasteiger partial charge in [-0.2, -0.15) is 5.26 Å². The van der Waals surface area contributed by atoms with Crippen LogP contribution in [0.3, 0.4) is 0 Å². The van der Waals surface area contributed by atoms with Crippen LogP contribution in [0.25, 0.3) is 0 Å². The average Bonchev–Trinajstić information content (AvgIpc) is 1.68. The predicted molar refractivity (Wildman–Crippen MR) is 33.0 cm³/mol. The van der Waals surface area contributed by atoms with Gasteiger partial charge >= 0.3 is 0 Å². The lowest BCUT2D eigenvalue weighted by molar-refractivity contribution is 1.55. The molecule has 0 radical (unpaired) electrons. The Morgan fingerprint density at radius 1 is 1.86 bits per heavy atom. The van der Waals surface area contributed by atoms with E-state index < -0.39 is 0 Å². The summed E-state index contributed by atoms with van der Waals surface area (Å²) in [5, 5.41) is 8.02. The molecular formula is C5H5NS. The first-order valence-corrected chi connectivity index (χ1v) is 2.29. The lowest BCUT2D eigenvalue weighted by Crippen LogP contribution is -1.76. The number of hydrogen-bond acceptors (Lipinski definition) is 2. The van der Waals surface area contributed by atoms with E-state index >= 15 is 0 Å². The van der Waals surface area contributed by atoms with Gasteiger partial charge in [0.05, 0.1) is 0 Å². The van der Waals surface area contributed by atoms with Crippen molar-refractivity contribution >= 4 is 17.1 Å². The minimum Gasteiger partial charge on any atom is -0.192 e. The van der Waals surface area contributed by atoms with Gasteiger partial charge < -0.3 is 0 Å². The molecule has 0 aliphatic carbocycles. The average molecular weight is 111 g/mol. The van der Waals surface area contributed by atoms with E-state index in [1.54, 1.807) is 12.2 Å². The molecule has 7 heavy (non-hydrogen) atoms. The zero-order valence-corrected chi connectivity index (χ0v) is 4.83. The molecule has 0 amide bonds. The molecule has 0 aromatic heterocycles. The van der Waals surface area contributed by atoms with Gasteiger partial charge in [0.25, 0.3) is 0 Å². The number of rotatable bonds is 1. The van der Waals surface area contributed by atoms with Crippen LogP contribution < -0.4 is 0 Å². The number of hydrogen-bond donors (Lipinski definition) is 0. The van der Waals surface area contributed by atoms with Gasteiger partial charge in [-0.3, -0.25) is 0 Å². The van der Waals surface area contributed by atoms with E-state index in [2.05, 4.69) is 12.2 Å². The van der Waals surface area contributed by atoms with Gasteiger partial charge in [-0.15, -0.1) is 0 Å². The second kappa shape index (κ2) is 3.51. The van der Waals surface area contributed by atoms with Gasteiger partial charge in [0, 0.05) is 0 Å². The van der Waals surface area contributed by atoms with Crippen molar-refractivity contribution in [2.24, 2.45) is 0 Å². The van der Waals surface area contributed by atoms with Crippen LogP contribution in [0.2, 0.25) is 0 Å². The minimum absolute atomic E-state index is 0.336. The van der Waals surface area contributed by atoms with Crippen LogP contribution in [-0.2, 0) is 0 Å². The molecule has 0 spiro atoms. The molecule has 36 valence electrons. The summed E-state index contributed by atoms with van der Waals surface area (Å²) in [6.07, 6.45) is 3.33. The number of allylic oxidation sites excluding steroid dienone is 2. The Morgan fingerprint density at radius 3 is 2.57 bits per heavy atom. The van der Waals surface area contributed by atoms with Gasteiger partial charge in [0.1, 0.15) is 10.9 Å². The summed E-state index contributed by atoms with van der Waals surface area (Å²) in [5.41, 5.74) is 0. The molecular weight excluding hydrogens is 106 g/mol. The van der Waals surface area contributed by atoms with E-state index in [0.717, 1.165) is 0 Å². The van der Waals surface area contributed by atoms with Gasteiger partial charge in [-0.05, 0) is 13.0 Å². The highest BCUT2D eigenvalue weighted by molar-refractivity contribution is 7.81. The van der Waals surface area contributed by atoms with Crippen LogP contribution >= 0.6 is 12.2 Å². The molecule has 0 atom stereocenters. The van der Waals surface area contributed by atoms with Crippen molar-refractivity contribution in [1.29, 1.82) is 5.26 Å². The smallest absolute Gasteiger partial charge is 0.115 e. The van der Waals surface area contributed by atoms with Gasteiger partial charge in [-0.25, -0.2) is 0 Å². The summed E-state index contributed by atoms with van der Waals surface area (Å²) in [6.45, 7) is 1.82. The molecule has 2 heteroatoms. The Hall–Kier alpha value is -0.680. The molecule has 0 saturated heterocycles. The van der Waals surface area contributed by atoms with Crippen LogP contribution in [-0.4, -0.2) is 4.86 Å². The summed E-state index contributed by atoms with van der Waals surface area (Å²) in [7, 11) is 0. The molecule has 0 fully saturated rings. The van der Waals surface area contributed by atoms with Crippen molar-refractivity contribution in [3.05, 3.63) is 12.2 Å². The highest BCUT2D eigenvalue weighted by atomic mass is 32.1. The van der Waals surface area contributed by atoms with E-state index in [9.17, 15) is 0 Å². The molecule has 1 nitrogen and oxygen atoms in total. The molecule has 0 rings (SSSR count). The maximum absolute atomic E-state index is 8.02. The maximum Gasteiger partial charge on any atom is 0.115 e. The Kier molecular flexibility index (Phi) is 3.17. The largest absolute Gasteiger partial charge is 0.192 e. The third-order valence-electron chi connectivity index (χ3n) is 0.428. The SMILES string of the molecule is C/C=C/C(=S)C#N. The van der Waals surface area contributed by atoms with E-state index in [1.807, 2.05) is 13.0 Å². The Balaban J connectivity index is 3.66. The van der Waals surface area contributed by atoms with Gasteiger partial charge in [0.2, 0.25) is 0 Å². The van der Waals surface area contributed by atoms with Gasteiger partial charge in [0.15, 0.2) is 0 Å². The topological polar surface area (TPSA) is 23.8 Å². The highest BCUT2D eigenvalue weighted by Gasteiger charge is 1.77. The molecule has 0 aliphatic rings. The molecule has 0 aliphatic heterocycles. The zero-order chi connectivity index (χ0) is 5.70. The van der Waals surface area contributed by atoms with E-state index in [0.29, 0.717) is 4.86 Å². The first kappa shape index (κ1) is 6.32. The highest BCUT2D eigenvalue weighted by Crippen LogP contribution is 1.75. The summed E-state index contributed by atoms with van der Waals surface area (Å²) >= 11 is 4.51. The first-order valence-electron chi connectivity index (χ1n) is 1.88. The van der Waals surface area contributed by atoms with Crippen molar-refractivity contribution in [3.63, 3.8) is 0 Å². The van der Waals surface area contributed by atoms with E-state index in [4.69, 9.17) is 5.26 Å². The van der Waals surface area contributed by atoms with Crippen LogP contribution in [0.1, 0.15) is 6.92 Å². The summed E-state index contributed by atoms with van der Waals surface area (Å²) in [6, 6.07) is 1.81. The van der Waals surface area contributed by atoms with Crippen molar-refractivity contribution in [2.75, 3.05) is 0 Å². The molecule has 0 aromatic rings. The first-order chi connectivity index (χ1) is 3.31. The predicted octanol–water partition coefficient (Wildman–Crippen LogP) is 1.46. The van der Waals surface area contributed by atoms with Crippen LogP contribution in [0.15, 0.2) is 12.2 Å². The Bertz CT molecular complexity index is 130. The molecule has 0 heterocycles. The van der Waals surface area contributed by atoms with Crippen LogP contribution in [0, 0.1) is 11.3 Å². The van der Waals surface area contributed by atoms with Gasteiger partial charge in [-0.1, -0.05) is 18.3 Å². The number of thiocarbonyl (C=S) groups is 1. The standard InChI is InChI=1S/C5H5NS/c1-2-3-5(7)4-6/h2-3H,1H3/b3-2+. The summed E-state index contributed by atoms with van der Waals surface area (Å²) in [5.74, 6) is 0. The molecule has 0 N–H and O–H groups in total. The summed E-state index contributed by atoms with van der Waals surface area (Å²) in [4.78, 5) is 0.336. The second-order valence-corrected chi connectivity index (χ2v) is 1.42. The normalized spacial score (nSPS) is 8.57. The lowest BCUT2D eigenvalue weighted by atomic mass is 10.4. The fourth-order valence-corrected chi connectivity index (χ4v) is 0.325.